The molecule has 1 aliphatic rings. The van der Waals surface area contributed by atoms with E-state index in [1.807, 2.05) is 30.3 Å². The largest absolute Gasteiger partial charge is 0.377 e. The minimum atomic E-state index is -0.306. The molecule has 8 nitrogen and oxygen atoms in total. The van der Waals surface area contributed by atoms with E-state index in [4.69, 9.17) is 9.26 Å². The number of amides is 1. The first-order valence-electron chi connectivity index (χ1n) is 7.58. The zero-order valence-corrected chi connectivity index (χ0v) is 12.8. The van der Waals surface area contributed by atoms with Crippen LogP contribution in [0.25, 0.3) is 11.3 Å². The molecule has 0 atom stereocenters. The van der Waals surface area contributed by atoms with E-state index in [0.29, 0.717) is 19.0 Å². The van der Waals surface area contributed by atoms with E-state index in [2.05, 4.69) is 20.8 Å². The van der Waals surface area contributed by atoms with Crippen LogP contribution in [0.1, 0.15) is 22.3 Å². The zero-order chi connectivity index (χ0) is 16.4. The predicted molar refractivity (Wildman–Crippen MR) is 83.0 cm³/mol. The number of hydrogen-bond acceptors (Lipinski definition) is 6. The molecule has 0 bridgehead atoms. The minimum absolute atomic E-state index is 0.168. The molecule has 3 aromatic rings. The van der Waals surface area contributed by atoms with Crippen molar-refractivity contribution < 1.29 is 14.1 Å². The fraction of sp³-hybridized carbons (Fsp3) is 0.250. The highest BCUT2D eigenvalue weighted by molar-refractivity contribution is 5.91. The van der Waals surface area contributed by atoms with Crippen LogP contribution < -0.4 is 5.32 Å². The van der Waals surface area contributed by atoms with Crippen LogP contribution in [0.3, 0.4) is 0 Å². The van der Waals surface area contributed by atoms with Crippen LogP contribution in [-0.2, 0) is 11.3 Å². The highest BCUT2D eigenvalue weighted by atomic mass is 16.5. The van der Waals surface area contributed by atoms with Crippen molar-refractivity contribution >= 4 is 5.91 Å². The van der Waals surface area contributed by atoms with Crippen LogP contribution in [0, 0.1) is 0 Å². The molecule has 1 N–H and O–H groups in total. The molecule has 8 heteroatoms. The second-order valence-electron chi connectivity index (χ2n) is 5.50. The molecule has 2 aromatic heterocycles. The molecule has 1 fully saturated rings. The molecule has 0 radical (unpaired) electrons. The number of carbonyl (C=O) groups is 1. The Labute approximate surface area is 137 Å². The summed E-state index contributed by atoms with van der Waals surface area (Å²) in [6, 6.07) is 11.7. The first-order chi connectivity index (χ1) is 11.8. The predicted octanol–water partition coefficient (Wildman–Crippen LogP) is 1.43. The van der Waals surface area contributed by atoms with Crippen molar-refractivity contribution in [1.29, 1.82) is 0 Å². The number of nitrogens with one attached hydrogen (secondary N) is 1. The van der Waals surface area contributed by atoms with Gasteiger partial charge < -0.3 is 14.6 Å². The summed E-state index contributed by atoms with van der Waals surface area (Å²) in [6.45, 7) is 1.44. The van der Waals surface area contributed by atoms with Crippen molar-refractivity contribution in [3.05, 3.63) is 54.0 Å². The smallest absolute Gasteiger partial charge is 0.273 e. The lowest BCUT2D eigenvalue weighted by Crippen LogP contribution is -2.31. The Morgan fingerprint density at radius 3 is 2.88 bits per heavy atom. The number of aromatic nitrogens is 4. The molecule has 3 heterocycles. The van der Waals surface area contributed by atoms with E-state index >= 15 is 0 Å². The van der Waals surface area contributed by atoms with Crippen molar-refractivity contribution in [3.63, 3.8) is 0 Å². The highest BCUT2D eigenvalue weighted by Gasteiger charge is 2.23. The Kier molecular flexibility index (Phi) is 3.80. The third-order valence-electron chi connectivity index (χ3n) is 3.79. The van der Waals surface area contributed by atoms with Gasteiger partial charge in [-0.15, -0.1) is 5.10 Å². The zero-order valence-electron chi connectivity index (χ0n) is 12.8. The summed E-state index contributed by atoms with van der Waals surface area (Å²) in [6.07, 6.45) is 1.62. The van der Waals surface area contributed by atoms with E-state index in [9.17, 15) is 4.79 Å². The van der Waals surface area contributed by atoms with E-state index in [0.717, 1.165) is 11.3 Å². The maximum absolute atomic E-state index is 12.1. The first kappa shape index (κ1) is 14.6. The first-order valence-corrected chi connectivity index (χ1v) is 7.58. The van der Waals surface area contributed by atoms with Gasteiger partial charge in [-0.2, -0.15) is 0 Å². The number of nitrogens with zero attached hydrogens (tertiary/aromatic N) is 4. The van der Waals surface area contributed by atoms with Gasteiger partial charge >= 0.3 is 0 Å². The Hall–Kier alpha value is -3.00. The van der Waals surface area contributed by atoms with Crippen LogP contribution in [0.2, 0.25) is 0 Å². The standard InChI is InChI=1S/C16H15N5O3/c22-16(15-8-21(20-18-15)12-9-23-10-12)17-7-13-6-14(19-24-13)11-4-2-1-3-5-11/h1-6,8,12H,7,9-10H2,(H,17,22). The monoisotopic (exact) mass is 325 g/mol. The number of ether oxygens (including phenoxy) is 1. The number of rotatable bonds is 5. The topological polar surface area (TPSA) is 95.1 Å². The molecule has 0 saturated carbocycles. The second-order valence-corrected chi connectivity index (χ2v) is 5.50. The SMILES string of the molecule is O=C(NCc1cc(-c2ccccc2)no1)c1cn(C2COC2)nn1. The van der Waals surface area contributed by atoms with Crippen molar-refractivity contribution in [2.75, 3.05) is 13.2 Å². The maximum Gasteiger partial charge on any atom is 0.273 e. The fourth-order valence-electron chi connectivity index (χ4n) is 2.33. The Morgan fingerprint density at radius 1 is 1.29 bits per heavy atom. The van der Waals surface area contributed by atoms with Crippen molar-refractivity contribution in [2.24, 2.45) is 0 Å². The molecule has 1 saturated heterocycles. The summed E-state index contributed by atoms with van der Waals surface area (Å²) in [5.74, 6) is 0.265. The van der Waals surface area contributed by atoms with E-state index in [1.165, 1.54) is 0 Å². The van der Waals surface area contributed by atoms with Crippen molar-refractivity contribution in [2.45, 2.75) is 12.6 Å². The van der Waals surface area contributed by atoms with Crippen LogP contribution in [0.4, 0.5) is 0 Å². The summed E-state index contributed by atoms with van der Waals surface area (Å²) >= 11 is 0. The van der Waals surface area contributed by atoms with E-state index in [-0.39, 0.29) is 24.2 Å². The van der Waals surface area contributed by atoms with Gasteiger partial charge in [0.25, 0.3) is 5.91 Å². The third kappa shape index (κ3) is 2.91. The Morgan fingerprint density at radius 2 is 2.12 bits per heavy atom. The van der Waals surface area contributed by atoms with Gasteiger partial charge in [0.2, 0.25) is 0 Å². The molecule has 0 unspecified atom stereocenters. The van der Waals surface area contributed by atoms with Gasteiger partial charge in [-0.3, -0.25) is 4.79 Å². The van der Waals surface area contributed by atoms with Gasteiger partial charge in [0.1, 0.15) is 11.7 Å². The molecule has 1 aliphatic heterocycles. The van der Waals surface area contributed by atoms with E-state index < -0.39 is 0 Å². The summed E-state index contributed by atoms with van der Waals surface area (Å²) in [5.41, 5.74) is 1.96. The molecule has 0 spiro atoms. The molecule has 24 heavy (non-hydrogen) atoms. The van der Waals surface area contributed by atoms with Crippen LogP contribution in [0.15, 0.2) is 47.1 Å². The molecule has 1 aromatic carbocycles. The lowest BCUT2D eigenvalue weighted by molar-refractivity contribution is -0.0293. The summed E-state index contributed by atoms with van der Waals surface area (Å²) in [4.78, 5) is 12.1. The minimum Gasteiger partial charge on any atom is -0.377 e. The van der Waals surface area contributed by atoms with Gasteiger partial charge in [-0.05, 0) is 0 Å². The average molecular weight is 325 g/mol. The normalized spacial score (nSPS) is 14.3. The molecule has 1 amide bonds. The lowest BCUT2D eigenvalue weighted by atomic mass is 10.1. The molecular weight excluding hydrogens is 310 g/mol. The fourth-order valence-corrected chi connectivity index (χ4v) is 2.33. The Balaban J connectivity index is 1.37. The second kappa shape index (κ2) is 6.25. The molecule has 122 valence electrons. The summed E-state index contributed by atoms with van der Waals surface area (Å²) in [5, 5.41) is 14.6. The highest BCUT2D eigenvalue weighted by Crippen LogP contribution is 2.18. The van der Waals surface area contributed by atoms with E-state index in [1.54, 1.807) is 16.9 Å². The van der Waals surface area contributed by atoms with Crippen molar-refractivity contribution in [1.82, 2.24) is 25.5 Å². The molecular formula is C16H15N5O3. The van der Waals surface area contributed by atoms with Crippen LogP contribution >= 0.6 is 0 Å². The summed E-state index contributed by atoms with van der Waals surface area (Å²) < 4.78 is 12.0. The van der Waals surface area contributed by atoms with Gasteiger partial charge in [0.15, 0.2) is 11.5 Å². The number of carbonyl (C=O) groups excluding carboxylic acids is 1. The lowest BCUT2D eigenvalue weighted by Gasteiger charge is -2.25. The van der Waals surface area contributed by atoms with Crippen LogP contribution in [0.5, 0.6) is 0 Å². The molecule has 0 aliphatic carbocycles. The van der Waals surface area contributed by atoms with Gasteiger partial charge in [-0.1, -0.05) is 40.7 Å². The average Bonchev–Trinajstić information content (AvgIpc) is 3.21. The number of benzene rings is 1. The van der Waals surface area contributed by atoms with Crippen LogP contribution in [-0.4, -0.2) is 39.3 Å². The van der Waals surface area contributed by atoms with Gasteiger partial charge in [0, 0.05) is 11.6 Å². The Bertz CT molecular complexity index is 838. The maximum atomic E-state index is 12.1. The van der Waals surface area contributed by atoms with Crippen molar-refractivity contribution in [3.8, 4) is 11.3 Å². The summed E-state index contributed by atoms with van der Waals surface area (Å²) in [7, 11) is 0. The quantitative estimate of drug-likeness (QED) is 0.762. The molecule has 4 rings (SSSR count). The van der Waals surface area contributed by atoms with Gasteiger partial charge in [0.05, 0.1) is 26.0 Å². The number of hydrogen-bond donors (Lipinski definition) is 1. The third-order valence-corrected chi connectivity index (χ3v) is 3.79. The van der Waals surface area contributed by atoms with Gasteiger partial charge in [-0.25, -0.2) is 4.68 Å².